The number of aromatic nitrogens is 1. The molecule has 1 heterocycles. The highest BCUT2D eigenvalue weighted by Gasteiger charge is 2.12. The molecule has 0 bridgehead atoms. The van der Waals surface area contributed by atoms with Crippen LogP contribution in [-0.2, 0) is 0 Å². The van der Waals surface area contributed by atoms with Crippen LogP contribution in [-0.4, -0.2) is 27.1 Å². The number of phenols is 1. The van der Waals surface area contributed by atoms with E-state index in [1.54, 1.807) is 12.3 Å². The lowest BCUT2D eigenvalue weighted by atomic mass is 10.2. The van der Waals surface area contributed by atoms with Gasteiger partial charge in [-0.2, -0.15) is 5.10 Å². The Labute approximate surface area is 126 Å². The predicted octanol–water partition coefficient (Wildman–Crippen LogP) is 2.15. The van der Waals surface area contributed by atoms with Crippen molar-refractivity contribution in [1.82, 2.24) is 10.4 Å². The summed E-state index contributed by atoms with van der Waals surface area (Å²) in [5, 5.41) is 23.7. The van der Waals surface area contributed by atoms with Gasteiger partial charge in [0, 0.05) is 22.3 Å². The van der Waals surface area contributed by atoms with Crippen molar-refractivity contribution in [3.05, 3.63) is 56.3 Å². The number of nitro groups is 1. The number of nitrogens with zero attached hydrogens (tertiary/aromatic N) is 2. The first-order valence-electron chi connectivity index (χ1n) is 5.62. The quantitative estimate of drug-likeness (QED) is 0.443. The van der Waals surface area contributed by atoms with Gasteiger partial charge in [-0.25, -0.2) is 5.43 Å². The van der Waals surface area contributed by atoms with Crippen molar-refractivity contribution in [2.75, 3.05) is 0 Å². The van der Waals surface area contributed by atoms with Gasteiger partial charge in [-0.15, -0.1) is 0 Å². The molecule has 0 saturated heterocycles. The molecule has 1 aromatic heterocycles. The normalized spacial score (nSPS) is 10.7. The fourth-order valence-electron chi connectivity index (χ4n) is 1.49. The molecule has 0 saturated carbocycles. The predicted molar refractivity (Wildman–Crippen MR) is 78.3 cm³/mol. The zero-order valence-corrected chi connectivity index (χ0v) is 12.0. The fraction of sp³-hybridized carbons (Fsp3) is 0. The number of aromatic amines is 1. The Hall–Kier alpha value is -2.68. The van der Waals surface area contributed by atoms with Crippen LogP contribution in [0.4, 0.5) is 5.69 Å². The van der Waals surface area contributed by atoms with Crippen molar-refractivity contribution in [2.45, 2.75) is 0 Å². The van der Waals surface area contributed by atoms with Gasteiger partial charge < -0.3 is 10.1 Å². The van der Waals surface area contributed by atoms with Crippen LogP contribution in [0.25, 0.3) is 0 Å². The van der Waals surface area contributed by atoms with Gasteiger partial charge in [0.2, 0.25) is 0 Å². The Balaban J connectivity index is 2.06. The molecule has 2 aromatic rings. The molecule has 0 atom stereocenters. The van der Waals surface area contributed by atoms with E-state index in [2.05, 4.69) is 31.4 Å². The number of nitro benzene ring substituents is 1. The molecule has 8 nitrogen and oxygen atoms in total. The second-order valence-electron chi connectivity index (χ2n) is 3.94. The third-order valence-corrected chi connectivity index (χ3v) is 2.93. The second kappa shape index (κ2) is 6.18. The van der Waals surface area contributed by atoms with Crippen LogP contribution in [0.3, 0.4) is 0 Å². The molecular formula is C12H9BrN4O4. The van der Waals surface area contributed by atoms with Crippen LogP contribution in [0.15, 0.2) is 40.0 Å². The molecule has 1 aromatic carbocycles. The van der Waals surface area contributed by atoms with Gasteiger partial charge in [-0.05, 0) is 34.1 Å². The number of phenolic OH excluding ortho intramolecular Hbond substituents is 1. The third kappa shape index (κ3) is 3.66. The number of hydrogen-bond donors (Lipinski definition) is 3. The average Bonchev–Trinajstić information content (AvgIpc) is 2.87. The first kappa shape index (κ1) is 14.7. The Morgan fingerprint density at radius 2 is 2.24 bits per heavy atom. The SMILES string of the molecule is O=C(N/N=C/c1ccc(O)c([N+](=O)[O-])c1)c1cc(Br)c[nH]1. The van der Waals surface area contributed by atoms with Crippen LogP contribution < -0.4 is 5.43 Å². The summed E-state index contributed by atoms with van der Waals surface area (Å²) in [6.07, 6.45) is 2.84. The zero-order chi connectivity index (χ0) is 15.4. The lowest BCUT2D eigenvalue weighted by Gasteiger charge is -1.98. The van der Waals surface area contributed by atoms with Gasteiger partial charge in [0.15, 0.2) is 5.75 Å². The minimum Gasteiger partial charge on any atom is -0.502 e. The van der Waals surface area contributed by atoms with Crippen LogP contribution in [0.2, 0.25) is 0 Å². The molecule has 0 fully saturated rings. The van der Waals surface area contributed by atoms with Gasteiger partial charge in [-0.1, -0.05) is 0 Å². The summed E-state index contributed by atoms with van der Waals surface area (Å²) in [5.74, 6) is -0.886. The van der Waals surface area contributed by atoms with E-state index < -0.39 is 22.3 Å². The molecule has 0 aliphatic carbocycles. The maximum atomic E-state index is 11.7. The minimum atomic E-state index is -0.707. The number of hydrogen-bond acceptors (Lipinski definition) is 5. The largest absolute Gasteiger partial charge is 0.502 e. The number of aromatic hydroxyl groups is 1. The standard InChI is InChI=1S/C12H9BrN4O4/c13-8-4-9(14-6-8)12(19)16-15-5-7-1-2-11(18)10(3-7)17(20)21/h1-6,14,18H,(H,16,19)/b15-5+. The molecule has 9 heteroatoms. The van der Waals surface area contributed by atoms with Crippen LogP contribution in [0.5, 0.6) is 5.75 Å². The van der Waals surface area contributed by atoms with E-state index in [0.717, 1.165) is 10.5 Å². The fourth-order valence-corrected chi connectivity index (χ4v) is 1.84. The number of nitrogens with one attached hydrogen (secondary N) is 2. The molecule has 0 aliphatic heterocycles. The monoisotopic (exact) mass is 352 g/mol. The van der Waals surface area contributed by atoms with E-state index in [0.29, 0.717) is 11.3 Å². The topological polar surface area (TPSA) is 121 Å². The number of benzene rings is 1. The number of halogens is 1. The van der Waals surface area contributed by atoms with E-state index >= 15 is 0 Å². The summed E-state index contributed by atoms with van der Waals surface area (Å²) in [6, 6.07) is 5.35. The van der Waals surface area contributed by atoms with Gasteiger partial charge in [0.05, 0.1) is 11.1 Å². The third-order valence-electron chi connectivity index (χ3n) is 2.47. The van der Waals surface area contributed by atoms with Gasteiger partial charge in [0.1, 0.15) is 5.69 Å². The van der Waals surface area contributed by atoms with E-state index in [4.69, 9.17) is 0 Å². The van der Waals surface area contributed by atoms with Crippen LogP contribution in [0.1, 0.15) is 16.1 Å². The maximum Gasteiger partial charge on any atom is 0.311 e. The Bertz CT molecular complexity index is 726. The minimum absolute atomic E-state index is 0.315. The summed E-state index contributed by atoms with van der Waals surface area (Å²) < 4.78 is 0.728. The summed E-state index contributed by atoms with van der Waals surface area (Å²) in [6.45, 7) is 0. The van der Waals surface area contributed by atoms with Crippen molar-refractivity contribution < 1.29 is 14.8 Å². The molecule has 0 radical (unpaired) electrons. The zero-order valence-electron chi connectivity index (χ0n) is 10.4. The molecule has 2 rings (SSSR count). The Morgan fingerprint density at radius 3 is 2.86 bits per heavy atom. The summed E-state index contributed by atoms with van der Waals surface area (Å²) in [4.78, 5) is 24.3. The van der Waals surface area contributed by atoms with Crippen molar-refractivity contribution >= 4 is 33.7 Å². The van der Waals surface area contributed by atoms with E-state index in [9.17, 15) is 20.0 Å². The van der Waals surface area contributed by atoms with Crippen LogP contribution >= 0.6 is 15.9 Å². The molecule has 21 heavy (non-hydrogen) atoms. The smallest absolute Gasteiger partial charge is 0.311 e. The van der Waals surface area contributed by atoms with Crippen molar-refractivity contribution in [3.63, 3.8) is 0 Å². The number of carbonyl (C=O) groups excluding carboxylic acids is 1. The number of amides is 1. The summed E-state index contributed by atoms with van der Waals surface area (Å²) >= 11 is 3.20. The second-order valence-corrected chi connectivity index (χ2v) is 4.85. The first-order chi connectivity index (χ1) is 9.97. The molecule has 108 valence electrons. The highest BCUT2D eigenvalue weighted by Crippen LogP contribution is 2.25. The highest BCUT2D eigenvalue weighted by atomic mass is 79.9. The maximum absolute atomic E-state index is 11.7. The average molecular weight is 353 g/mol. The van der Waals surface area contributed by atoms with Gasteiger partial charge in [-0.3, -0.25) is 14.9 Å². The van der Waals surface area contributed by atoms with Crippen molar-refractivity contribution in [3.8, 4) is 5.75 Å². The van der Waals surface area contributed by atoms with Gasteiger partial charge >= 0.3 is 5.69 Å². The Kier molecular flexibility index (Phi) is 4.33. The lowest BCUT2D eigenvalue weighted by molar-refractivity contribution is -0.385. The van der Waals surface area contributed by atoms with E-state index in [1.165, 1.54) is 18.3 Å². The molecule has 0 aliphatic rings. The Morgan fingerprint density at radius 1 is 1.48 bits per heavy atom. The van der Waals surface area contributed by atoms with Crippen LogP contribution in [0, 0.1) is 10.1 Å². The highest BCUT2D eigenvalue weighted by molar-refractivity contribution is 9.10. The lowest BCUT2D eigenvalue weighted by Crippen LogP contribution is -2.17. The van der Waals surface area contributed by atoms with Gasteiger partial charge in [0.25, 0.3) is 5.91 Å². The number of carbonyl (C=O) groups is 1. The number of hydrazone groups is 1. The van der Waals surface area contributed by atoms with Crippen molar-refractivity contribution in [2.24, 2.45) is 5.10 Å². The van der Waals surface area contributed by atoms with E-state index in [-0.39, 0.29) is 0 Å². The molecule has 0 spiro atoms. The molecule has 1 amide bonds. The number of H-pyrrole nitrogens is 1. The molecule has 3 N–H and O–H groups in total. The summed E-state index contributed by atoms with van der Waals surface area (Å²) in [7, 11) is 0. The van der Waals surface area contributed by atoms with Crippen molar-refractivity contribution in [1.29, 1.82) is 0 Å². The molecule has 0 unspecified atom stereocenters. The summed E-state index contributed by atoms with van der Waals surface area (Å²) in [5.41, 5.74) is 2.52. The number of rotatable bonds is 4. The first-order valence-corrected chi connectivity index (χ1v) is 6.41. The van der Waals surface area contributed by atoms with E-state index in [1.807, 2.05) is 0 Å². The molecular weight excluding hydrogens is 344 g/mol.